The van der Waals surface area contributed by atoms with Crippen LogP contribution >= 0.6 is 0 Å². The van der Waals surface area contributed by atoms with Gasteiger partial charge in [-0.05, 0) is 72.1 Å². The molecule has 5 heteroatoms. The number of rotatable bonds is 5. The minimum Gasteiger partial charge on any atom is -0.508 e. The molecule has 0 aliphatic rings. The maximum absolute atomic E-state index is 12.8. The molecular weight excluding hydrogens is 348 g/mol. The van der Waals surface area contributed by atoms with Gasteiger partial charge in [0.2, 0.25) is 9.84 Å². The van der Waals surface area contributed by atoms with Gasteiger partial charge in [0, 0.05) is 0 Å². The van der Waals surface area contributed by atoms with E-state index in [1.165, 1.54) is 24.3 Å². The van der Waals surface area contributed by atoms with Crippen LogP contribution in [-0.2, 0) is 9.84 Å². The SMILES string of the molecule is CC(C)c1ccc(S(=O)(=O)c2ccc(Oc3ccc(O)cc3)cc2)cc1. The van der Waals surface area contributed by atoms with E-state index in [1.54, 1.807) is 36.4 Å². The molecule has 1 N–H and O–H groups in total. The number of phenols is 1. The van der Waals surface area contributed by atoms with Crippen LogP contribution in [-0.4, -0.2) is 13.5 Å². The fourth-order valence-corrected chi connectivity index (χ4v) is 3.77. The molecule has 0 unspecified atom stereocenters. The lowest BCUT2D eigenvalue weighted by molar-refractivity contribution is 0.464. The number of benzene rings is 3. The molecule has 0 fully saturated rings. The minimum atomic E-state index is -3.57. The van der Waals surface area contributed by atoms with Crippen LogP contribution in [0.1, 0.15) is 25.3 Å². The molecule has 0 spiro atoms. The van der Waals surface area contributed by atoms with E-state index in [0.29, 0.717) is 17.4 Å². The predicted molar refractivity (Wildman–Crippen MR) is 101 cm³/mol. The molecule has 26 heavy (non-hydrogen) atoms. The Morgan fingerprint density at radius 3 is 1.62 bits per heavy atom. The minimum absolute atomic E-state index is 0.155. The molecule has 0 atom stereocenters. The highest BCUT2D eigenvalue weighted by Gasteiger charge is 2.17. The van der Waals surface area contributed by atoms with Gasteiger partial charge in [0.15, 0.2) is 0 Å². The normalized spacial score (nSPS) is 11.5. The molecule has 0 amide bonds. The molecule has 3 aromatic rings. The number of hydrogen-bond acceptors (Lipinski definition) is 4. The summed E-state index contributed by atoms with van der Waals surface area (Å²) in [7, 11) is -3.57. The largest absolute Gasteiger partial charge is 0.508 e. The van der Waals surface area contributed by atoms with Crippen LogP contribution in [0.2, 0.25) is 0 Å². The smallest absolute Gasteiger partial charge is 0.206 e. The number of phenolic OH excluding ortho intramolecular Hbond substituents is 1. The van der Waals surface area contributed by atoms with Crippen LogP contribution in [0.5, 0.6) is 17.2 Å². The van der Waals surface area contributed by atoms with Gasteiger partial charge in [0.25, 0.3) is 0 Å². The summed E-state index contributed by atoms with van der Waals surface area (Å²) in [4.78, 5) is 0.488. The lowest BCUT2D eigenvalue weighted by Crippen LogP contribution is -2.02. The third kappa shape index (κ3) is 3.89. The number of ether oxygens (including phenoxy) is 1. The van der Waals surface area contributed by atoms with Gasteiger partial charge in [-0.3, -0.25) is 0 Å². The highest BCUT2D eigenvalue weighted by atomic mass is 32.2. The maximum atomic E-state index is 12.8. The first-order chi connectivity index (χ1) is 12.4. The van der Waals surface area contributed by atoms with Crippen molar-refractivity contribution in [3.05, 3.63) is 78.4 Å². The summed E-state index contributed by atoms with van der Waals surface area (Å²) in [5, 5.41) is 9.28. The second-order valence-corrected chi connectivity index (χ2v) is 8.24. The van der Waals surface area contributed by atoms with Crippen LogP contribution in [0.15, 0.2) is 82.6 Å². The third-order valence-corrected chi connectivity index (χ3v) is 5.85. The average Bonchev–Trinajstić information content (AvgIpc) is 2.64. The highest BCUT2D eigenvalue weighted by Crippen LogP contribution is 2.27. The maximum Gasteiger partial charge on any atom is 0.206 e. The molecule has 0 aliphatic heterocycles. The lowest BCUT2D eigenvalue weighted by Gasteiger charge is -2.09. The van der Waals surface area contributed by atoms with Gasteiger partial charge in [-0.15, -0.1) is 0 Å². The molecule has 0 bridgehead atoms. The van der Waals surface area contributed by atoms with E-state index >= 15 is 0 Å². The summed E-state index contributed by atoms with van der Waals surface area (Å²) >= 11 is 0. The van der Waals surface area contributed by atoms with Gasteiger partial charge in [-0.25, -0.2) is 8.42 Å². The summed E-state index contributed by atoms with van der Waals surface area (Å²) in [6, 6.07) is 19.6. The van der Waals surface area contributed by atoms with Crippen LogP contribution in [0.4, 0.5) is 0 Å². The second kappa shape index (κ2) is 7.22. The number of aromatic hydroxyl groups is 1. The van der Waals surface area contributed by atoms with Crippen LogP contribution in [0.25, 0.3) is 0 Å². The Labute approximate surface area is 153 Å². The van der Waals surface area contributed by atoms with Gasteiger partial charge < -0.3 is 9.84 Å². The molecule has 0 aliphatic carbocycles. The number of sulfone groups is 1. The first kappa shape index (κ1) is 18.0. The first-order valence-corrected chi connectivity index (χ1v) is 9.76. The van der Waals surface area contributed by atoms with Crippen molar-refractivity contribution < 1.29 is 18.3 Å². The van der Waals surface area contributed by atoms with Crippen molar-refractivity contribution in [2.24, 2.45) is 0 Å². The van der Waals surface area contributed by atoms with Crippen molar-refractivity contribution in [3.8, 4) is 17.2 Å². The molecule has 134 valence electrons. The molecule has 3 rings (SSSR count). The van der Waals surface area contributed by atoms with E-state index in [2.05, 4.69) is 13.8 Å². The van der Waals surface area contributed by atoms with Crippen LogP contribution < -0.4 is 4.74 Å². The van der Waals surface area contributed by atoms with Gasteiger partial charge >= 0.3 is 0 Å². The van der Waals surface area contributed by atoms with Crippen molar-refractivity contribution in [2.45, 2.75) is 29.6 Å². The Balaban J connectivity index is 1.81. The Morgan fingerprint density at radius 2 is 1.15 bits per heavy atom. The predicted octanol–water partition coefficient (Wildman–Crippen LogP) is 5.14. The van der Waals surface area contributed by atoms with Gasteiger partial charge in [-0.1, -0.05) is 26.0 Å². The van der Waals surface area contributed by atoms with Crippen molar-refractivity contribution in [1.29, 1.82) is 0 Å². The van der Waals surface area contributed by atoms with Crippen molar-refractivity contribution in [1.82, 2.24) is 0 Å². The topological polar surface area (TPSA) is 63.6 Å². The van der Waals surface area contributed by atoms with Gasteiger partial charge in [0.1, 0.15) is 17.2 Å². The molecule has 0 saturated heterocycles. The first-order valence-electron chi connectivity index (χ1n) is 8.28. The average molecular weight is 368 g/mol. The Kier molecular flexibility index (Phi) is 5.00. The summed E-state index contributed by atoms with van der Waals surface area (Å²) in [6.45, 7) is 4.13. The molecule has 0 heterocycles. The lowest BCUT2D eigenvalue weighted by atomic mass is 10.0. The summed E-state index contributed by atoms with van der Waals surface area (Å²) < 4.78 is 31.1. The number of hydrogen-bond donors (Lipinski definition) is 1. The Bertz CT molecular complexity index is 972. The fraction of sp³-hybridized carbons (Fsp3) is 0.143. The second-order valence-electron chi connectivity index (χ2n) is 6.29. The molecular formula is C21H20O4S. The molecule has 4 nitrogen and oxygen atoms in total. The molecule has 0 saturated carbocycles. The van der Waals surface area contributed by atoms with Crippen molar-refractivity contribution >= 4 is 9.84 Å². The zero-order chi connectivity index (χ0) is 18.7. The highest BCUT2D eigenvalue weighted by molar-refractivity contribution is 7.91. The quantitative estimate of drug-likeness (QED) is 0.677. The zero-order valence-corrected chi connectivity index (χ0v) is 15.4. The monoisotopic (exact) mass is 368 g/mol. The van der Waals surface area contributed by atoms with E-state index < -0.39 is 9.84 Å². The van der Waals surface area contributed by atoms with E-state index in [0.717, 1.165) is 5.56 Å². The van der Waals surface area contributed by atoms with E-state index in [4.69, 9.17) is 4.74 Å². The van der Waals surface area contributed by atoms with E-state index in [1.807, 2.05) is 12.1 Å². The van der Waals surface area contributed by atoms with Crippen molar-refractivity contribution in [3.63, 3.8) is 0 Å². The summed E-state index contributed by atoms with van der Waals surface area (Å²) in [6.07, 6.45) is 0. The Morgan fingerprint density at radius 1 is 0.731 bits per heavy atom. The standard InChI is InChI=1S/C21H20O4S/c1-15(2)16-3-11-20(12-4-16)26(23,24)21-13-9-19(10-14-21)25-18-7-5-17(22)6-8-18/h3-15,22H,1-2H3. The molecule has 0 aromatic heterocycles. The van der Waals surface area contributed by atoms with Crippen LogP contribution in [0.3, 0.4) is 0 Å². The molecule has 3 aromatic carbocycles. The zero-order valence-electron chi connectivity index (χ0n) is 14.6. The summed E-state index contributed by atoms with van der Waals surface area (Å²) in [5.74, 6) is 1.58. The Hall–Kier alpha value is -2.79. The fourth-order valence-electron chi connectivity index (χ4n) is 2.51. The van der Waals surface area contributed by atoms with E-state index in [9.17, 15) is 13.5 Å². The van der Waals surface area contributed by atoms with Gasteiger partial charge in [0.05, 0.1) is 9.79 Å². The third-order valence-electron chi connectivity index (χ3n) is 4.06. The molecule has 0 radical (unpaired) electrons. The summed E-state index contributed by atoms with van der Waals surface area (Å²) in [5.41, 5.74) is 1.10. The van der Waals surface area contributed by atoms with E-state index in [-0.39, 0.29) is 15.5 Å². The van der Waals surface area contributed by atoms with Gasteiger partial charge in [-0.2, -0.15) is 0 Å². The van der Waals surface area contributed by atoms with Crippen LogP contribution in [0, 0.1) is 0 Å². The van der Waals surface area contributed by atoms with Crippen molar-refractivity contribution in [2.75, 3.05) is 0 Å².